The number of rotatable bonds is 9. The van der Waals surface area contributed by atoms with Crippen LogP contribution >= 0.6 is 0 Å². The van der Waals surface area contributed by atoms with E-state index in [1.54, 1.807) is 15.9 Å². The summed E-state index contributed by atoms with van der Waals surface area (Å²) in [6.45, 7) is 10.8. The fourth-order valence-corrected chi connectivity index (χ4v) is 4.79. The second-order valence-electron chi connectivity index (χ2n) is 9.83. The highest BCUT2D eigenvalue weighted by Crippen LogP contribution is 2.37. The first-order valence-corrected chi connectivity index (χ1v) is 12.4. The minimum Gasteiger partial charge on any atom is -0.354 e. The van der Waals surface area contributed by atoms with E-state index >= 15 is 0 Å². The summed E-state index contributed by atoms with van der Waals surface area (Å²) in [5.41, 5.74) is 3.98. The number of aryl methyl sites for hydroxylation is 1. The van der Waals surface area contributed by atoms with Crippen LogP contribution in [0.5, 0.6) is 0 Å². The largest absolute Gasteiger partial charge is 0.354 e. The van der Waals surface area contributed by atoms with E-state index in [4.69, 9.17) is 0 Å². The lowest BCUT2D eigenvalue weighted by Gasteiger charge is -2.33. The van der Waals surface area contributed by atoms with Crippen LogP contribution in [0.15, 0.2) is 78.5 Å². The van der Waals surface area contributed by atoms with Crippen molar-refractivity contribution in [3.8, 4) is 0 Å². The summed E-state index contributed by atoms with van der Waals surface area (Å²) in [5.74, 6) is -0.142. The fourth-order valence-electron chi connectivity index (χ4n) is 4.79. The zero-order valence-electron chi connectivity index (χ0n) is 21.2. The van der Waals surface area contributed by atoms with Crippen molar-refractivity contribution in [3.63, 3.8) is 0 Å². The van der Waals surface area contributed by atoms with Gasteiger partial charge in [0.15, 0.2) is 0 Å². The molecule has 2 N–H and O–H groups in total. The van der Waals surface area contributed by atoms with Gasteiger partial charge in [0.05, 0.1) is 23.9 Å². The highest BCUT2D eigenvalue weighted by atomic mass is 16.2. The Morgan fingerprint density at radius 3 is 2.58 bits per heavy atom. The topological polar surface area (TPSA) is 81.8 Å². The maximum Gasteiger partial charge on any atom is 0.322 e. The van der Waals surface area contributed by atoms with E-state index in [1.807, 2.05) is 75.4 Å². The number of carbonyl (C=O) groups is 3. The van der Waals surface area contributed by atoms with Gasteiger partial charge in [-0.05, 0) is 24.0 Å². The Hall–Kier alpha value is -3.87. The minimum atomic E-state index is -0.705. The molecule has 2 aromatic carbocycles. The first-order valence-electron chi connectivity index (χ1n) is 12.4. The predicted octanol–water partition coefficient (Wildman–Crippen LogP) is 3.73. The van der Waals surface area contributed by atoms with Crippen molar-refractivity contribution in [2.75, 3.05) is 19.6 Å². The van der Waals surface area contributed by atoms with Crippen LogP contribution < -0.4 is 10.6 Å². The Morgan fingerprint density at radius 2 is 1.92 bits per heavy atom. The van der Waals surface area contributed by atoms with E-state index in [1.165, 1.54) is 0 Å². The van der Waals surface area contributed by atoms with Crippen molar-refractivity contribution in [1.82, 2.24) is 20.4 Å². The molecule has 2 aliphatic heterocycles. The summed E-state index contributed by atoms with van der Waals surface area (Å²) in [6, 6.07) is 15.9. The van der Waals surface area contributed by atoms with Gasteiger partial charge in [-0.25, -0.2) is 4.79 Å². The van der Waals surface area contributed by atoms with E-state index in [0.29, 0.717) is 24.2 Å². The first kappa shape index (κ1) is 25.2. The Bertz CT molecular complexity index is 1190. The molecule has 0 saturated carbocycles. The third-order valence-electron chi connectivity index (χ3n) is 6.57. The standard InChI is InChI=1S/C29H34N4O3/c1-5-14-32-24-18-33(23(27(34)30-17-19(2)3)16-21-11-7-6-8-12-21)28(35)25(24)26(31-29(32)36)22-13-9-10-20(4)15-22/h5-13,15,19,23,26H,1,14,16-18H2,2-4H3,(H,30,34)(H,31,36)/t23-,26-/m1/s1. The van der Waals surface area contributed by atoms with Crippen molar-refractivity contribution in [1.29, 1.82) is 0 Å². The average Bonchev–Trinajstić information content (AvgIpc) is 3.20. The summed E-state index contributed by atoms with van der Waals surface area (Å²) >= 11 is 0. The average molecular weight is 487 g/mol. The molecular weight excluding hydrogens is 452 g/mol. The van der Waals surface area contributed by atoms with Gasteiger partial charge in [0.1, 0.15) is 6.04 Å². The molecule has 0 aromatic heterocycles. The number of urea groups is 1. The lowest BCUT2D eigenvalue weighted by atomic mass is 9.94. The van der Waals surface area contributed by atoms with Gasteiger partial charge in [-0.1, -0.05) is 80.1 Å². The second-order valence-corrected chi connectivity index (χ2v) is 9.83. The molecule has 2 heterocycles. The number of hydrogen-bond acceptors (Lipinski definition) is 3. The molecule has 0 spiro atoms. The summed E-state index contributed by atoms with van der Waals surface area (Å²) in [6.07, 6.45) is 2.02. The maximum absolute atomic E-state index is 14.0. The van der Waals surface area contributed by atoms with E-state index in [2.05, 4.69) is 17.2 Å². The fraction of sp³-hybridized carbons (Fsp3) is 0.345. The molecule has 0 aliphatic carbocycles. The molecule has 0 unspecified atom stereocenters. The molecule has 4 rings (SSSR count). The molecule has 188 valence electrons. The smallest absolute Gasteiger partial charge is 0.322 e. The Morgan fingerprint density at radius 1 is 1.17 bits per heavy atom. The van der Waals surface area contributed by atoms with Gasteiger partial charge in [0, 0.05) is 19.5 Å². The van der Waals surface area contributed by atoms with E-state index < -0.39 is 12.1 Å². The van der Waals surface area contributed by atoms with Crippen molar-refractivity contribution in [2.45, 2.75) is 39.3 Å². The van der Waals surface area contributed by atoms with E-state index in [9.17, 15) is 14.4 Å². The van der Waals surface area contributed by atoms with Crippen LogP contribution in [0.3, 0.4) is 0 Å². The lowest BCUT2D eigenvalue weighted by molar-refractivity contribution is -0.136. The molecule has 4 amide bonds. The number of nitrogens with one attached hydrogen (secondary N) is 2. The summed E-state index contributed by atoms with van der Waals surface area (Å²) in [4.78, 5) is 43.7. The molecule has 0 radical (unpaired) electrons. The van der Waals surface area contributed by atoms with Crippen LogP contribution in [0, 0.1) is 12.8 Å². The molecule has 0 saturated heterocycles. The van der Waals surface area contributed by atoms with Gasteiger partial charge < -0.3 is 15.5 Å². The summed E-state index contributed by atoms with van der Waals surface area (Å²) in [7, 11) is 0. The molecule has 0 bridgehead atoms. The van der Waals surface area contributed by atoms with Crippen LogP contribution in [0.25, 0.3) is 0 Å². The Labute approximate surface area is 212 Å². The maximum atomic E-state index is 14.0. The number of amides is 4. The number of carbonyl (C=O) groups excluding carboxylic acids is 3. The third kappa shape index (κ3) is 5.20. The van der Waals surface area contributed by atoms with Crippen molar-refractivity contribution in [3.05, 3.63) is 95.2 Å². The number of hydrogen-bond donors (Lipinski definition) is 2. The van der Waals surface area contributed by atoms with Crippen LogP contribution in [0.1, 0.15) is 36.6 Å². The molecule has 2 aliphatic rings. The second kappa shape index (κ2) is 10.8. The Balaban J connectivity index is 1.72. The normalized spacial score (nSPS) is 18.3. The number of nitrogens with zero attached hydrogens (tertiary/aromatic N) is 2. The quantitative estimate of drug-likeness (QED) is 0.530. The monoisotopic (exact) mass is 486 g/mol. The SMILES string of the molecule is C=CCN1C(=O)N[C@H](c2cccc(C)c2)C2=C1CN([C@H](Cc1ccccc1)C(=O)NCC(C)C)C2=O. The number of benzene rings is 2. The van der Waals surface area contributed by atoms with Gasteiger partial charge in [-0.3, -0.25) is 14.5 Å². The van der Waals surface area contributed by atoms with Crippen molar-refractivity contribution >= 4 is 17.8 Å². The molecule has 36 heavy (non-hydrogen) atoms. The third-order valence-corrected chi connectivity index (χ3v) is 6.57. The summed E-state index contributed by atoms with van der Waals surface area (Å²) < 4.78 is 0. The van der Waals surface area contributed by atoms with Gasteiger partial charge >= 0.3 is 6.03 Å². The van der Waals surface area contributed by atoms with Gasteiger partial charge in [0.25, 0.3) is 5.91 Å². The predicted molar refractivity (Wildman–Crippen MR) is 140 cm³/mol. The summed E-state index contributed by atoms with van der Waals surface area (Å²) in [5, 5.41) is 6.02. The van der Waals surface area contributed by atoms with Crippen LogP contribution in [-0.2, 0) is 16.0 Å². The molecule has 0 fully saturated rings. The highest BCUT2D eigenvalue weighted by molar-refractivity contribution is 6.03. The van der Waals surface area contributed by atoms with Crippen molar-refractivity contribution < 1.29 is 14.4 Å². The van der Waals surface area contributed by atoms with Gasteiger partial charge in [-0.15, -0.1) is 6.58 Å². The van der Waals surface area contributed by atoms with Crippen LogP contribution in [0.4, 0.5) is 4.79 Å². The Kier molecular flexibility index (Phi) is 7.58. The van der Waals surface area contributed by atoms with Crippen LogP contribution in [0.2, 0.25) is 0 Å². The molecule has 2 atom stereocenters. The molecule has 7 nitrogen and oxygen atoms in total. The van der Waals surface area contributed by atoms with E-state index in [-0.39, 0.29) is 36.9 Å². The van der Waals surface area contributed by atoms with Gasteiger partial charge in [0.2, 0.25) is 5.91 Å². The molecule has 2 aromatic rings. The van der Waals surface area contributed by atoms with Gasteiger partial charge in [-0.2, -0.15) is 0 Å². The highest BCUT2D eigenvalue weighted by Gasteiger charge is 2.46. The molecular formula is C29H34N4O3. The minimum absolute atomic E-state index is 0.185. The zero-order chi connectivity index (χ0) is 25.8. The zero-order valence-corrected chi connectivity index (χ0v) is 21.2. The molecule has 7 heteroatoms. The van der Waals surface area contributed by atoms with Crippen LogP contribution in [-0.4, -0.2) is 53.3 Å². The van der Waals surface area contributed by atoms with Crippen molar-refractivity contribution in [2.24, 2.45) is 5.92 Å². The first-order chi connectivity index (χ1) is 17.3. The lowest BCUT2D eigenvalue weighted by Crippen LogP contribution is -2.50. The van der Waals surface area contributed by atoms with E-state index in [0.717, 1.165) is 16.7 Å².